The van der Waals surface area contributed by atoms with E-state index in [1.165, 1.54) is 0 Å². The maximum atomic E-state index is 11.6. The summed E-state index contributed by atoms with van der Waals surface area (Å²) in [5, 5.41) is 8.34. The monoisotopic (exact) mass is 230 g/mol. The third-order valence-electron chi connectivity index (χ3n) is 2.71. The van der Waals surface area contributed by atoms with Gasteiger partial charge in [-0.3, -0.25) is 4.84 Å². The zero-order valence-electron chi connectivity index (χ0n) is 9.44. The number of carbonyl (C=O) groups is 2. The van der Waals surface area contributed by atoms with Crippen LogP contribution in [0.25, 0.3) is 0 Å². The number of amides is 2. The molecule has 0 aromatic carbocycles. The lowest BCUT2D eigenvalue weighted by Gasteiger charge is -2.34. The molecular formula is C10H18N2O4. The highest BCUT2D eigenvalue weighted by molar-refractivity contribution is 5.74. The first-order valence-corrected chi connectivity index (χ1v) is 5.55. The van der Waals surface area contributed by atoms with Crippen LogP contribution in [-0.2, 0) is 9.63 Å². The van der Waals surface area contributed by atoms with Crippen molar-refractivity contribution in [2.24, 2.45) is 0 Å². The fourth-order valence-electron chi connectivity index (χ4n) is 1.91. The molecule has 16 heavy (non-hydrogen) atoms. The molecule has 2 N–H and O–H groups in total. The number of carboxylic acids is 1. The van der Waals surface area contributed by atoms with Crippen LogP contribution in [0.3, 0.4) is 0 Å². The maximum Gasteiger partial charge on any atom is 0.341 e. The Hall–Kier alpha value is -1.30. The first-order valence-electron chi connectivity index (χ1n) is 5.55. The molecule has 1 rings (SSSR count). The van der Waals surface area contributed by atoms with E-state index in [4.69, 9.17) is 5.11 Å². The van der Waals surface area contributed by atoms with Crippen molar-refractivity contribution in [2.45, 2.75) is 38.6 Å². The van der Waals surface area contributed by atoms with E-state index >= 15 is 0 Å². The van der Waals surface area contributed by atoms with E-state index in [-0.39, 0.29) is 12.1 Å². The highest BCUT2D eigenvalue weighted by Gasteiger charge is 2.25. The van der Waals surface area contributed by atoms with Crippen molar-refractivity contribution in [2.75, 3.05) is 13.2 Å². The standard InChI is InChI=1S/C10H18N2O4/c1-2-8-5-3-4-6-12(8)10(15)11-16-7-9(13)14/h8H,2-7H2,1H3,(H,11,15)(H,13,14). The van der Waals surface area contributed by atoms with E-state index in [1.54, 1.807) is 4.90 Å². The van der Waals surface area contributed by atoms with E-state index in [0.717, 1.165) is 25.7 Å². The van der Waals surface area contributed by atoms with Crippen LogP contribution in [0.2, 0.25) is 0 Å². The summed E-state index contributed by atoms with van der Waals surface area (Å²) >= 11 is 0. The number of hydrogen-bond acceptors (Lipinski definition) is 3. The van der Waals surface area contributed by atoms with Crippen molar-refractivity contribution >= 4 is 12.0 Å². The summed E-state index contributed by atoms with van der Waals surface area (Å²) in [6, 6.07) is -0.102. The molecule has 1 aliphatic rings. The second-order valence-corrected chi connectivity index (χ2v) is 3.84. The van der Waals surface area contributed by atoms with Crippen LogP contribution in [0, 0.1) is 0 Å². The topological polar surface area (TPSA) is 78.9 Å². The van der Waals surface area contributed by atoms with Gasteiger partial charge in [0.05, 0.1) is 0 Å². The van der Waals surface area contributed by atoms with Crippen LogP contribution in [-0.4, -0.2) is 41.2 Å². The van der Waals surface area contributed by atoms with Crippen molar-refractivity contribution in [1.82, 2.24) is 10.4 Å². The van der Waals surface area contributed by atoms with Gasteiger partial charge in [-0.2, -0.15) is 0 Å². The Morgan fingerprint density at radius 2 is 2.25 bits per heavy atom. The van der Waals surface area contributed by atoms with Crippen LogP contribution >= 0.6 is 0 Å². The van der Waals surface area contributed by atoms with Crippen LogP contribution in [0.1, 0.15) is 32.6 Å². The number of aliphatic carboxylic acids is 1. The van der Waals surface area contributed by atoms with Crippen molar-refractivity contribution < 1.29 is 19.5 Å². The zero-order valence-corrected chi connectivity index (χ0v) is 9.44. The van der Waals surface area contributed by atoms with Crippen LogP contribution < -0.4 is 5.48 Å². The summed E-state index contributed by atoms with van der Waals surface area (Å²) in [5.41, 5.74) is 2.15. The minimum Gasteiger partial charge on any atom is -0.479 e. The van der Waals surface area contributed by atoms with Gasteiger partial charge in [-0.05, 0) is 25.7 Å². The molecule has 0 bridgehead atoms. The predicted octanol–water partition coefficient (Wildman–Crippen LogP) is 0.977. The molecule has 6 heteroatoms. The molecule has 1 saturated heterocycles. The van der Waals surface area contributed by atoms with Gasteiger partial charge in [0, 0.05) is 12.6 Å². The summed E-state index contributed by atoms with van der Waals surface area (Å²) in [5.74, 6) is -1.11. The maximum absolute atomic E-state index is 11.6. The second kappa shape index (κ2) is 6.32. The van der Waals surface area contributed by atoms with Crippen LogP contribution in [0.15, 0.2) is 0 Å². The zero-order chi connectivity index (χ0) is 12.0. The molecule has 1 aliphatic heterocycles. The van der Waals surface area contributed by atoms with E-state index in [0.29, 0.717) is 6.54 Å². The summed E-state index contributed by atoms with van der Waals surface area (Å²) in [6.07, 6.45) is 4.04. The summed E-state index contributed by atoms with van der Waals surface area (Å²) < 4.78 is 0. The molecule has 1 heterocycles. The smallest absolute Gasteiger partial charge is 0.341 e. The Morgan fingerprint density at radius 1 is 1.50 bits per heavy atom. The largest absolute Gasteiger partial charge is 0.479 e. The lowest BCUT2D eigenvalue weighted by atomic mass is 10.0. The molecule has 6 nitrogen and oxygen atoms in total. The van der Waals surface area contributed by atoms with Crippen molar-refractivity contribution in [3.63, 3.8) is 0 Å². The number of piperidine rings is 1. The summed E-state index contributed by atoms with van der Waals surface area (Å²) in [6.45, 7) is 2.23. The van der Waals surface area contributed by atoms with Gasteiger partial charge in [-0.15, -0.1) is 0 Å². The minimum atomic E-state index is -1.11. The van der Waals surface area contributed by atoms with Gasteiger partial charge >= 0.3 is 12.0 Å². The van der Waals surface area contributed by atoms with Gasteiger partial charge in [-0.25, -0.2) is 15.1 Å². The van der Waals surface area contributed by atoms with Gasteiger partial charge in [0.1, 0.15) is 0 Å². The quantitative estimate of drug-likeness (QED) is 0.705. The highest BCUT2D eigenvalue weighted by atomic mass is 16.7. The Kier molecular flexibility index (Phi) is 5.04. The lowest BCUT2D eigenvalue weighted by molar-refractivity contribution is -0.144. The molecule has 1 fully saturated rings. The van der Waals surface area contributed by atoms with Gasteiger partial charge in [0.15, 0.2) is 6.61 Å². The Morgan fingerprint density at radius 3 is 2.88 bits per heavy atom. The van der Waals surface area contributed by atoms with Crippen molar-refractivity contribution in [1.29, 1.82) is 0 Å². The normalized spacial score (nSPS) is 20.6. The molecule has 92 valence electrons. The van der Waals surface area contributed by atoms with Crippen molar-refractivity contribution in [3.8, 4) is 0 Å². The number of likely N-dealkylation sites (tertiary alicyclic amines) is 1. The molecule has 0 aromatic rings. The molecular weight excluding hydrogens is 212 g/mol. The highest BCUT2D eigenvalue weighted by Crippen LogP contribution is 2.19. The molecule has 1 atom stereocenters. The summed E-state index contributed by atoms with van der Waals surface area (Å²) in [7, 11) is 0. The number of nitrogens with one attached hydrogen (secondary N) is 1. The predicted molar refractivity (Wildman–Crippen MR) is 56.8 cm³/mol. The third-order valence-corrected chi connectivity index (χ3v) is 2.71. The second-order valence-electron chi connectivity index (χ2n) is 3.84. The van der Waals surface area contributed by atoms with Gasteiger partial charge in [-0.1, -0.05) is 6.92 Å². The average Bonchev–Trinajstić information content (AvgIpc) is 2.28. The number of hydrogen-bond donors (Lipinski definition) is 2. The molecule has 1 unspecified atom stereocenters. The van der Waals surface area contributed by atoms with Gasteiger partial charge in [0.25, 0.3) is 0 Å². The van der Waals surface area contributed by atoms with E-state index in [1.807, 2.05) is 6.92 Å². The Bertz CT molecular complexity index is 257. The van der Waals surface area contributed by atoms with Crippen molar-refractivity contribution in [3.05, 3.63) is 0 Å². The number of nitrogens with zero attached hydrogens (tertiary/aromatic N) is 1. The van der Waals surface area contributed by atoms with E-state index in [2.05, 4.69) is 10.3 Å². The van der Waals surface area contributed by atoms with Crippen LogP contribution in [0.4, 0.5) is 4.79 Å². The fraction of sp³-hybridized carbons (Fsp3) is 0.800. The van der Waals surface area contributed by atoms with E-state index in [9.17, 15) is 9.59 Å². The van der Waals surface area contributed by atoms with E-state index < -0.39 is 12.6 Å². The molecule has 0 saturated carbocycles. The van der Waals surface area contributed by atoms with Gasteiger partial charge in [0.2, 0.25) is 0 Å². The molecule has 0 aliphatic carbocycles. The fourth-order valence-corrected chi connectivity index (χ4v) is 1.91. The molecule has 0 spiro atoms. The average molecular weight is 230 g/mol. The first-order chi connectivity index (χ1) is 7.65. The molecule has 0 aromatic heterocycles. The number of rotatable bonds is 4. The Labute approximate surface area is 94.5 Å². The van der Waals surface area contributed by atoms with Crippen LogP contribution in [0.5, 0.6) is 0 Å². The van der Waals surface area contributed by atoms with Gasteiger partial charge < -0.3 is 10.0 Å². The summed E-state index contributed by atoms with van der Waals surface area (Å²) in [4.78, 5) is 28.1. The Balaban J connectivity index is 2.35. The number of urea groups is 1. The third kappa shape index (κ3) is 3.69. The number of carboxylic acid groups (broad SMARTS) is 1. The minimum absolute atomic E-state index is 0.238. The molecule has 2 amide bonds. The lowest BCUT2D eigenvalue weighted by Crippen LogP contribution is -2.48. The molecule has 0 radical (unpaired) electrons. The number of hydroxylamine groups is 1. The first kappa shape index (κ1) is 12.8. The SMILES string of the molecule is CCC1CCCCN1C(=O)NOCC(=O)O. The number of carbonyl (C=O) groups excluding carboxylic acids is 1.